The predicted octanol–water partition coefficient (Wildman–Crippen LogP) is 5.52. The van der Waals surface area contributed by atoms with Crippen LogP contribution in [0.15, 0.2) is 87.0 Å². The van der Waals surface area contributed by atoms with Crippen LogP contribution in [0.3, 0.4) is 0 Å². The Morgan fingerprint density at radius 3 is 2.32 bits per heavy atom. The predicted molar refractivity (Wildman–Crippen MR) is 147 cm³/mol. The Morgan fingerprint density at radius 2 is 1.68 bits per heavy atom. The zero-order chi connectivity index (χ0) is 26.4. The summed E-state index contributed by atoms with van der Waals surface area (Å²) < 4.78 is 41.2. The first-order chi connectivity index (χ1) is 17.8. The molecule has 0 unspecified atom stereocenters. The summed E-state index contributed by atoms with van der Waals surface area (Å²) in [5, 5.41) is 0.132. The molecule has 3 aromatic carbocycles. The number of hydrogen-bond acceptors (Lipinski definition) is 6. The van der Waals surface area contributed by atoms with Crippen LogP contribution in [-0.4, -0.2) is 38.0 Å². The smallest absolute Gasteiger partial charge is 0.284 e. The van der Waals surface area contributed by atoms with Gasteiger partial charge in [0.1, 0.15) is 6.61 Å². The third kappa shape index (κ3) is 6.23. The normalized spacial score (nSPS) is 16.0. The summed E-state index contributed by atoms with van der Waals surface area (Å²) >= 11 is 1.04. The lowest BCUT2D eigenvalue weighted by Crippen LogP contribution is -2.29. The van der Waals surface area contributed by atoms with Crippen LogP contribution in [0.4, 0.5) is 0 Å². The SMILES string of the molecule is CCc1ccc(S(=O)(=O)/N=C2/S/C(=C\c3ccc(OCc4ccccc4)c(OC)c3)C(=O)N2CC)cc1. The van der Waals surface area contributed by atoms with E-state index in [1.807, 2.05) is 43.3 Å². The molecule has 1 heterocycles. The van der Waals surface area contributed by atoms with Crippen LogP contribution in [0.5, 0.6) is 11.5 Å². The molecule has 1 amide bonds. The van der Waals surface area contributed by atoms with E-state index in [2.05, 4.69) is 4.40 Å². The van der Waals surface area contributed by atoms with Crippen LogP contribution in [0.25, 0.3) is 6.08 Å². The van der Waals surface area contributed by atoms with Crippen LogP contribution in [-0.2, 0) is 27.8 Å². The highest BCUT2D eigenvalue weighted by atomic mass is 32.2. The molecule has 37 heavy (non-hydrogen) atoms. The average molecular weight is 537 g/mol. The number of likely N-dealkylation sites (N-methyl/N-ethyl adjacent to an activating group) is 1. The quantitative estimate of drug-likeness (QED) is 0.335. The fourth-order valence-electron chi connectivity index (χ4n) is 3.69. The van der Waals surface area contributed by atoms with Crippen molar-refractivity contribution in [3.63, 3.8) is 0 Å². The summed E-state index contributed by atoms with van der Waals surface area (Å²) in [5.74, 6) is 0.808. The van der Waals surface area contributed by atoms with Crippen molar-refractivity contribution < 1.29 is 22.7 Å². The highest BCUT2D eigenvalue weighted by Gasteiger charge is 2.34. The second-order valence-corrected chi connectivity index (χ2v) is 10.8. The van der Waals surface area contributed by atoms with Gasteiger partial charge in [0, 0.05) is 6.54 Å². The van der Waals surface area contributed by atoms with Crippen LogP contribution >= 0.6 is 11.8 Å². The van der Waals surface area contributed by atoms with E-state index < -0.39 is 10.0 Å². The van der Waals surface area contributed by atoms with Crippen molar-refractivity contribution in [2.45, 2.75) is 31.8 Å². The van der Waals surface area contributed by atoms with Crippen LogP contribution < -0.4 is 9.47 Å². The van der Waals surface area contributed by atoms with Crippen molar-refractivity contribution in [1.29, 1.82) is 0 Å². The molecule has 0 radical (unpaired) electrons. The van der Waals surface area contributed by atoms with Gasteiger partial charge in [0.15, 0.2) is 16.7 Å². The summed E-state index contributed by atoms with van der Waals surface area (Å²) in [4.78, 5) is 14.9. The molecule has 0 aliphatic carbocycles. The number of carbonyl (C=O) groups excluding carboxylic acids is 1. The third-order valence-electron chi connectivity index (χ3n) is 5.75. The number of benzene rings is 3. The Morgan fingerprint density at radius 1 is 0.946 bits per heavy atom. The van der Waals surface area contributed by atoms with E-state index >= 15 is 0 Å². The second-order valence-electron chi connectivity index (χ2n) is 8.19. The maximum Gasteiger partial charge on any atom is 0.284 e. The molecule has 0 saturated carbocycles. The van der Waals surface area contributed by atoms with Gasteiger partial charge < -0.3 is 9.47 Å². The maximum atomic E-state index is 13.0. The van der Waals surface area contributed by atoms with Gasteiger partial charge in [0.25, 0.3) is 15.9 Å². The Bertz CT molecular complexity index is 1430. The van der Waals surface area contributed by atoms with Gasteiger partial charge in [-0.15, -0.1) is 4.40 Å². The highest BCUT2D eigenvalue weighted by Crippen LogP contribution is 2.35. The molecule has 192 valence electrons. The lowest BCUT2D eigenvalue weighted by Gasteiger charge is -2.12. The number of sulfonamides is 1. The molecule has 3 aromatic rings. The number of rotatable bonds is 9. The van der Waals surface area contributed by atoms with Crippen molar-refractivity contribution in [2.75, 3.05) is 13.7 Å². The molecule has 1 aliphatic heterocycles. The van der Waals surface area contributed by atoms with E-state index in [-0.39, 0.29) is 16.0 Å². The van der Waals surface area contributed by atoms with E-state index in [1.165, 1.54) is 4.90 Å². The monoisotopic (exact) mass is 536 g/mol. The van der Waals surface area contributed by atoms with Crippen LogP contribution in [0.1, 0.15) is 30.5 Å². The Hall–Kier alpha value is -3.56. The zero-order valence-electron chi connectivity index (χ0n) is 20.9. The number of thioether (sulfide) groups is 1. The van der Waals surface area contributed by atoms with Crippen molar-refractivity contribution in [1.82, 2.24) is 4.90 Å². The number of hydrogen-bond donors (Lipinski definition) is 0. The van der Waals surface area contributed by atoms with Crippen LogP contribution in [0, 0.1) is 0 Å². The fraction of sp³-hybridized carbons (Fsp3) is 0.214. The van der Waals surface area contributed by atoms with Gasteiger partial charge >= 0.3 is 0 Å². The number of aryl methyl sites for hydroxylation is 1. The van der Waals surface area contributed by atoms with Crippen molar-refractivity contribution in [3.8, 4) is 11.5 Å². The molecule has 0 atom stereocenters. The summed E-state index contributed by atoms with van der Waals surface area (Å²) in [6.07, 6.45) is 2.51. The molecule has 1 fully saturated rings. The lowest BCUT2D eigenvalue weighted by atomic mass is 10.1. The average Bonchev–Trinajstić information content (AvgIpc) is 3.20. The minimum absolute atomic E-state index is 0.0922. The Kier molecular flexibility index (Phi) is 8.35. The summed E-state index contributed by atoms with van der Waals surface area (Å²) in [6.45, 7) is 4.47. The van der Waals surface area contributed by atoms with Gasteiger partial charge in [0.05, 0.1) is 16.9 Å². The fourth-order valence-corrected chi connectivity index (χ4v) is 5.93. The first-order valence-corrected chi connectivity index (χ1v) is 14.1. The van der Waals surface area contributed by atoms with Crippen molar-refractivity contribution in [2.24, 2.45) is 4.40 Å². The number of ether oxygens (including phenoxy) is 2. The molecule has 4 rings (SSSR count). The lowest BCUT2D eigenvalue weighted by molar-refractivity contribution is -0.122. The number of amidine groups is 1. The molecule has 0 N–H and O–H groups in total. The molecule has 1 saturated heterocycles. The largest absolute Gasteiger partial charge is 0.493 e. The van der Waals surface area contributed by atoms with E-state index in [0.717, 1.165) is 34.9 Å². The first-order valence-electron chi connectivity index (χ1n) is 11.8. The van der Waals surface area contributed by atoms with Crippen molar-refractivity contribution in [3.05, 3.63) is 94.4 Å². The molecule has 0 spiro atoms. The van der Waals surface area contributed by atoms with Gasteiger partial charge in [0.2, 0.25) is 0 Å². The Balaban J connectivity index is 1.57. The van der Waals surface area contributed by atoms with E-state index in [1.54, 1.807) is 56.5 Å². The first kappa shape index (κ1) is 26.5. The van der Waals surface area contributed by atoms with Crippen molar-refractivity contribution >= 4 is 38.9 Å². The Labute approximate surface area is 221 Å². The number of nitrogens with zero attached hydrogens (tertiary/aromatic N) is 2. The number of methoxy groups -OCH3 is 1. The maximum absolute atomic E-state index is 13.0. The molecular weight excluding hydrogens is 508 g/mol. The summed E-state index contributed by atoms with van der Waals surface area (Å²) in [7, 11) is -2.41. The highest BCUT2D eigenvalue weighted by molar-refractivity contribution is 8.19. The van der Waals surface area contributed by atoms with E-state index in [4.69, 9.17) is 9.47 Å². The molecular formula is C28H28N2O5S2. The standard InChI is InChI=1S/C28H28N2O5S2/c1-4-20-11-14-23(15-12-20)37(32,33)29-28-30(5-2)27(31)26(36-28)18-22-13-16-24(25(17-22)34-3)35-19-21-9-7-6-8-10-21/h6-18H,4-5,19H2,1-3H3/b26-18-,29-28+. The van der Waals surface area contributed by atoms with Gasteiger partial charge in [-0.2, -0.15) is 8.42 Å². The number of amides is 1. The minimum atomic E-state index is -3.97. The minimum Gasteiger partial charge on any atom is -0.493 e. The second kappa shape index (κ2) is 11.7. The van der Waals surface area contributed by atoms with Crippen LogP contribution in [0.2, 0.25) is 0 Å². The van der Waals surface area contributed by atoms with Gasteiger partial charge in [-0.25, -0.2) is 0 Å². The third-order valence-corrected chi connectivity index (χ3v) is 8.16. The molecule has 1 aliphatic rings. The van der Waals surface area contributed by atoms with Gasteiger partial charge in [-0.1, -0.05) is 55.5 Å². The summed E-state index contributed by atoms with van der Waals surface area (Å²) in [6, 6.07) is 21.8. The van der Waals surface area contributed by atoms with Gasteiger partial charge in [-0.3, -0.25) is 9.69 Å². The van der Waals surface area contributed by atoms with E-state index in [9.17, 15) is 13.2 Å². The molecule has 7 nitrogen and oxygen atoms in total. The van der Waals surface area contributed by atoms with Gasteiger partial charge in [-0.05, 0) is 72.1 Å². The molecule has 0 bridgehead atoms. The molecule has 9 heteroatoms. The summed E-state index contributed by atoms with van der Waals surface area (Å²) in [5.41, 5.74) is 2.78. The van der Waals surface area contributed by atoms with E-state index in [0.29, 0.717) is 29.6 Å². The zero-order valence-corrected chi connectivity index (χ0v) is 22.5. The topological polar surface area (TPSA) is 85.3 Å². The molecule has 0 aromatic heterocycles. The number of carbonyl (C=O) groups is 1.